The third kappa shape index (κ3) is 3.43. The summed E-state index contributed by atoms with van der Waals surface area (Å²) in [5.74, 6) is 1.14. The summed E-state index contributed by atoms with van der Waals surface area (Å²) in [5, 5.41) is 9.03. The topological polar surface area (TPSA) is 27.0 Å². The summed E-state index contributed by atoms with van der Waals surface area (Å²) < 4.78 is 1.34. The van der Waals surface area contributed by atoms with Gasteiger partial charge in [-0.1, -0.05) is 29.8 Å². The van der Waals surface area contributed by atoms with E-state index in [9.17, 15) is 0 Å². The van der Waals surface area contributed by atoms with Crippen molar-refractivity contribution in [1.29, 1.82) is 5.26 Å². The molecule has 0 bridgehead atoms. The Morgan fingerprint density at radius 3 is 2.83 bits per heavy atom. The molecule has 1 aromatic rings. The van der Waals surface area contributed by atoms with E-state index in [1.165, 1.54) is 6.42 Å². The van der Waals surface area contributed by atoms with E-state index in [4.69, 9.17) is 5.26 Å². The maximum Gasteiger partial charge on any atom is 0.0992 e. The van der Waals surface area contributed by atoms with Crippen LogP contribution in [0.15, 0.2) is 22.7 Å². The van der Waals surface area contributed by atoms with Crippen molar-refractivity contribution in [2.24, 2.45) is 0 Å². The SMILES string of the molecule is CC1(C)CCN(c2cc(Br)cc(C#N)c2)CCS1. The number of nitrogens with zero attached hydrogens (tertiary/aromatic N) is 2. The van der Waals surface area contributed by atoms with Gasteiger partial charge in [-0.25, -0.2) is 0 Å². The van der Waals surface area contributed by atoms with Gasteiger partial charge in [-0.05, 0) is 24.6 Å². The number of hydrogen-bond acceptors (Lipinski definition) is 3. The van der Waals surface area contributed by atoms with E-state index in [2.05, 4.69) is 46.8 Å². The lowest BCUT2D eigenvalue weighted by molar-refractivity contribution is 0.638. The first-order valence-electron chi connectivity index (χ1n) is 6.10. The molecule has 0 spiro atoms. The van der Waals surface area contributed by atoms with E-state index in [0.29, 0.717) is 4.75 Å². The van der Waals surface area contributed by atoms with Crippen molar-refractivity contribution in [1.82, 2.24) is 0 Å². The molecule has 1 aliphatic heterocycles. The fourth-order valence-electron chi connectivity index (χ4n) is 2.10. The first-order valence-corrected chi connectivity index (χ1v) is 7.88. The van der Waals surface area contributed by atoms with Crippen molar-refractivity contribution in [3.05, 3.63) is 28.2 Å². The lowest BCUT2D eigenvalue weighted by Gasteiger charge is -2.24. The predicted octanol–water partition coefficient (Wildman–Crippen LogP) is 4.04. The Labute approximate surface area is 121 Å². The van der Waals surface area contributed by atoms with Crippen LogP contribution < -0.4 is 4.90 Å². The van der Waals surface area contributed by atoms with Gasteiger partial charge >= 0.3 is 0 Å². The molecule has 0 N–H and O–H groups in total. The summed E-state index contributed by atoms with van der Waals surface area (Å²) >= 11 is 5.51. The van der Waals surface area contributed by atoms with E-state index in [1.54, 1.807) is 0 Å². The fraction of sp³-hybridized carbons (Fsp3) is 0.500. The first kappa shape index (κ1) is 13.8. The molecule has 18 heavy (non-hydrogen) atoms. The average Bonchev–Trinajstić information content (AvgIpc) is 2.49. The molecule has 0 aromatic heterocycles. The zero-order valence-corrected chi connectivity index (χ0v) is 13.1. The molecule has 4 heteroatoms. The smallest absolute Gasteiger partial charge is 0.0992 e. The number of halogens is 1. The van der Waals surface area contributed by atoms with Gasteiger partial charge in [0.2, 0.25) is 0 Å². The number of nitriles is 1. The van der Waals surface area contributed by atoms with Crippen LogP contribution in [0.25, 0.3) is 0 Å². The molecule has 1 saturated heterocycles. The van der Waals surface area contributed by atoms with Gasteiger partial charge in [0.05, 0.1) is 11.6 Å². The molecule has 0 unspecified atom stereocenters. The molecule has 1 fully saturated rings. The predicted molar refractivity (Wildman–Crippen MR) is 82.2 cm³/mol. The molecule has 0 saturated carbocycles. The van der Waals surface area contributed by atoms with Crippen LogP contribution in [-0.4, -0.2) is 23.6 Å². The molecule has 0 aliphatic carbocycles. The largest absolute Gasteiger partial charge is 0.371 e. The molecular formula is C14H17BrN2S. The van der Waals surface area contributed by atoms with Crippen molar-refractivity contribution >= 4 is 33.4 Å². The van der Waals surface area contributed by atoms with E-state index >= 15 is 0 Å². The van der Waals surface area contributed by atoms with Crippen molar-refractivity contribution in [2.45, 2.75) is 25.0 Å². The molecule has 1 aromatic carbocycles. The van der Waals surface area contributed by atoms with Gasteiger partial charge in [0.25, 0.3) is 0 Å². The summed E-state index contributed by atoms with van der Waals surface area (Å²) in [7, 11) is 0. The quantitative estimate of drug-likeness (QED) is 0.780. The van der Waals surface area contributed by atoms with Crippen LogP contribution in [0, 0.1) is 11.3 Å². The summed E-state index contributed by atoms with van der Waals surface area (Å²) in [5.41, 5.74) is 1.87. The lowest BCUT2D eigenvalue weighted by Crippen LogP contribution is -2.26. The molecule has 1 heterocycles. The highest BCUT2D eigenvalue weighted by Crippen LogP contribution is 2.33. The zero-order valence-electron chi connectivity index (χ0n) is 10.7. The van der Waals surface area contributed by atoms with Gasteiger partial charge in [0, 0.05) is 33.7 Å². The van der Waals surface area contributed by atoms with Gasteiger partial charge in [0.1, 0.15) is 0 Å². The van der Waals surface area contributed by atoms with E-state index < -0.39 is 0 Å². The summed E-state index contributed by atoms with van der Waals surface area (Å²) in [4.78, 5) is 2.38. The highest BCUT2D eigenvalue weighted by Gasteiger charge is 2.23. The van der Waals surface area contributed by atoms with Crippen LogP contribution in [0.1, 0.15) is 25.8 Å². The van der Waals surface area contributed by atoms with Crippen LogP contribution in [0.5, 0.6) is 0 Å². The molecule has 96 valence electrons. The number of rotatable bonds is 1. The normalized spacial score (nSPS) is 19.1. The minimum Gasteiger partial charge on any atom is -0.371 e. The van der Waals surface area contributed by atoms with Crippen molar-refractivity contribution in [2.75, 3.05) is 23.7 Å². The van der Waals surface area contributed by atoms with Crippen LogP contribution in [0.2, 0.25) is 0 Å². The number of anilines is 1. The van der Waals surface area contributed by atoms with Crippen molar-refractivity contribution in [3.8, 4) is 6.07 Å². The van der Waals surface area contributed by atoms with Gasteiger partial charge < -0.3 is 4.90 Å². The second-order valence-electron chi connectivity index (χ2n) is 5.16. The minimum atomic E-state index is 0.360. The number of benzene rings is 1. The van der Waals surface area contributed by atoms with Crippen LogP contribution in [0.3, 0.4) is 0 Å². The van der Waals surface area contributed by atoms with E-state index in [0.717, 1.165) is 34.6 Å². The van der Waals surface area contributed by atoms with Gasteiger partial charge in [-0.3, -0.25) is 0 Å². The van der Waals surface area contributed by atoms with Crippen molar-refractivity contribution < 1.29 is 0 Å². The molecule has 2 rings (SSSR count). The summed E-state index contributed by atoms with van der Waals surface area (Å²) in [6, 6.07) is 8.16. The van der Waals surface area contributed by atoms with Crippen LogP contribution >= 0.6 is 27.7 Å². The Morgan fingerprint density at radius 1 is 1.33 bits per heavy atom. The average molecular weight is 325 g/mol. The Hall–Kier alpha value is -0.660. The van der Waals surface area contributed by atoms with Gasteiger partial charge in [0.15, 0.2) is 0 Å². The summed E-state index contributed by atoms with van der Waals surface area (Å²) in [6.45, 7) is 6.72. The van der Waals surface area contributed by atoms with E-state index in [-0.39, 0.29) is 0 Å². The third-order valence-corrected chi connectivity index (χ3v) is 5.04. The minimum absolute atomic E-state index is 0.360. The molecule has 0 atom stereocenters. The first-order chi connectivity index (χ1) is 8.50. The fourth-order valence-corrected chi connectivity index (χ4v) is 3.68. The number of hydrogen-bond donors (Lipinski definition) is 0. The molecule has 2 nitrogen and oxygen atoms in total. The second kappa shape index (κ2) is 5.54. The van der Waals surface area contributed by atoms with Crippen LogP contribution in [-0.2, 0) is 0 Å². The lowest BCUT2D eigenvalue weighted by atomic mass is 10.1. The molecule has 1 aliphatic rings. The highest BCUT2D eigenvalue weighted by molar-refractivity contribution is 9.10. The second-order valence-corrected chi connectivity index (χ2v) is 7.87. The standard InChI is InChI=1S/C14H17BrN2S/c1-14(2)3-4-17(5-6-18-14)13-8-11(10-16)7-12(15)9-13/h7-9H,3-6H2,1-2H3. The molecular weight excluding hydrogens is 308 g/mol. The Bertz CT molecular complexity index is 479. The number of thioether (sulfide) groups is 1. The van der Waals surface area contributed by atoms with E-state index in [1.807, 2.05) is 23.9 Å². The van der Waals surface area contributed by atoms with Gasteiger partial charge in [-0.15, -0.1) is 0 Å². The van der Waals surface area contributed by atoms with Gasteiger partial charge in [-0.2, -0.15) is 17.0 Å². The molecule has 0 radical (unpaired) electrons. The molecule has 0 amide bonds. The third-order valence-electron chi connectivity index (χ3n) is 3.21. The zero-order chi connectivity index (χ0) is 13.2. The van der Waals surface area contributed by atoms with Crippen molar-refractivity contribution in [3.63, 3.8) is 0 Å². The Kier molecular flexibility index (Phi) is 4.24. The monoisotopic (exact) mass is 324 g/mol. The maximum atomic E-state index is 9.03. The Morgan fingerprint density at radius 2 is 2.11 bits per heavy atom. The van der Waals surface area contributed by atoms with Crippen LogP contribution in [0.4, 0.5) is 5.69 Å². The Balaban J connectivity index is 2.21. The highest BCUT2D eigenvalue weighted by atomic mass is 79.9. The summed E-state index contributed by atoms with van der Waals surface area (Å²) in [6.07, 6.45) is 1.17. The maximum absolute atomic E-state index is 9.03.